The Morgan fingerprint density at radius 1 is 1.08 bits per heavy atom. The minimum Gasteiger partial charge on any atom is -0.376 e. The van der Waals surface area contributed by atoms with Gasteiger partial charge in [0.05, 0.1) is 23.9 Å². The van der Waals surface area contributed by atoms with E-state index in [0.29, 0.717) is 18.1 Å². The fraction of sp³-hybridized carbons (Fsp3) is 0.300. The lowest BCUT2D eigenvalue weighted by atomic mass is 10.0. The van der Waals surface area contributed by atoms with Gasteiger partial charge in [0.2, 0.25) is 5.91 Å². The quantitative estimate of drug-likeness (QED) is 0.308. The van der Waals surface area contributed by atoms with Crippen LogP contribution in [0.1, 0.15) is 42.7 Å². The SMILES string of the molecule is O=C(CCN1C(=S)N[C@H](c2ccccn2)[C@H]1c1cccn1C[C@H]1CCCO1)Nc1cccc2ccccc12. The number of anilines is 1. The van der Waals surface area contributed by atoms with Crippen LogP contribution in [-0.4, -0.2) is 44.7 Å². The number of carbonyl (C=O) groups excluding carboxylic acids is 1. The first kappa shape index (κ1) is 24.6. The molecule has 0 aliphatic carbocycles. The molecule has 0 bridgehead atoms. The molecular weight excluding hydrogens is 494 g/mol. The molecule has 3 atom stereocenters. The van der Waals surface area contributed by atoms with Crippen molar-refractivity contribution in [2.75, 3.05) is 18.5 Å². The van der Waals surface area contributed by atoms with Gasteiger partial charge in [-0.25, -0.2) is 0 Å². The first-order chi connectivity index (χ1) is 18.7. The van der Waals surface area contributed by atoms with E-state index in [2.05, 4.69) is 43.4 Å². The van der Waals surface area contributed by atoms with Gasteiger partial charge < -0.3 is 24.8 Å². The summed E-state index contributed by atoms with van der Waals surface area (Å²) < 4.78 is 8.20. The number of aromatic nitrogens is 2. The van der Waals surface area contributed by atoms with Crippen LogP contribution in [0.3, 0.4) is 0 Å². The maximum Gasteiger partial charge on any atom is 0.226 e. The Morgan fingerprint density at radius 2 is 1.95 bits per heavy atom. The highest BCUT2D eigenvalue weighted by molar-refractivity contribution is 7.80. The van der Waals surface area contributed by atoms with Crippen molar-refractivity contribution in [3.05, 3.63) is 96.6 Å². The van der Waals surface area contributed by atoms with E-state index in [1.54, 1.807) is 0 Å². The van der Waals surface area contributed by atoms with E-state index in [1.165, 1.54) is 0 Å². The number of pyridine rings is 1. The standard InChI is InChI=1S/C30H31N5O2S/c36-27(32-24-13-5-9-21-8-1-2-11-23(21)24)15-18-35-29(28(33-30(35)38)25-12-3-4-16-31-25)26-14-6-17-34(26)20-22-10-7-19-37-22/h1-6,8-9,11-14,16-17,22,28-29H,7,10,15,18-20H2,(H,32,36)(H,33,38)/t22-,28-,29-/m1/s1. The van der Waals surface area contributed by atoms with Gasteiger partial charge in [0, 0.05) is 55.3 Å². The van der Waals surface area contributed by atoms with Crippen molar-refractivity contribution in [2.45, 2.75) is 44.0 Å². The summed E-state index contributed by atoms with van der Waals surface area (Å²) in [6.07, 6.45) is 6.62. The molecule has 194 valence electrons. The molecule has 2 fully saturated rings. The van der Waals surface area contributed by atoms with Crippen LogP contribution in [0.15, 0.2) is 85.2 Å². The number of nitrogens with zero attached hydrogens (tertiary/aromatic N) is 3. The van der Waals surface area contributed by atoms with Crippen LogP contribution >= 0.6 is 12.2 Å². The third-order valence-corrected chi connectivity index (χ3v) is 7.79. The van der Waals surface area contributed by atoms with E-state index in [1.807, 2.05) is 66.9 Å². The number of amides is 1. The van der Waals surface area contributed by atoms with Crippen LogP contribution in [-0.2, 0) is 16.1 Å². The largest absolute Gasteiger partial charge is 0.376 e. The van der Waals surface area contributed by atoms with E-state index in [4.69, 9.17) is 17.0 Å². The van der Waals surface area contributed by atoms with Gasteiger partial charge >= 0.3 is 0 Å². The third kappa shape index (κ3) is 5.01. The van der Waals surface area contributed by atoms with Crippen LogP contribution in [0.25, 0.3) is 10.8 Å². The Hall–Kier alpha value is -3.75. The van der Waals surface area contributed by atoms with Crippen molar-refractivity contribution >= 4 is 39.7 Å². The maximum absolute atomic E-state index is 13.1. The van der Waals surface area contributed by atoms with Gasteiger partial charge in [-0.1, -0.05) is 42.5 Å². The second-order valence-corrected chi connectivity index (χ2v) is 10.3. The summed E-state index contributed by atoms with van der Waals surface area (Å²) in [5.41, 5.74) is 2.88. The lowest BCUT2D eigenvalue weighted by Gasteiger charge is -2.29. The molecule has 2 aromatic carbocycles. The number of hydrogen-bond acceptors (Lipinski definition) is 4. The van der Waals surface area contributed by atoms with Gasteiger partial charge in [-0.2, -0.15) is 0 Å². The summed E-state index contributed by atoms with van der Waals surface area (Å²) in [5.74, 6) is -0.0427. The normalized spacial score (nSPS) is 21.1. The van der Waals surface area contributed by atoms with Crippen LogP contribution in [0.2, 0.25) is 0 Å². The summed E-state index contributed by atoms with van der Waals surface area (Å²) in [7, 11) is 0. The molecule has 1 amide bonds. The van der Waals surface area contributed by atoms with Gasteiger partial charge in [-0.05, 0) is 60.8 Å². The van der Waals surface area contributed by atoms with Gasteiger partial charge in [-0.3, -0.25) is 9.78 Å². The molecule has 7 nitrogen and oxygen atoms in total. The summed E-state index contributed by atoms with van der Waals surface area (Å²) in [4.78, 5) is 19.9. The zero-order chi connectivity index (χ0) is 25.9. The number of benzene rings is 2. The third-order valence-electron chi connectivity index (χ3n) is 7.43. The maximum atomic E-state index is 13.1. The molecule has 0 spiro atoms. The Kier molecular flexibility index (Phi) is 7.07. The van der Waals surface area contributed by atoms with Crippen LogP contribution < -0.4 is 10.6 Å². The summed E-state index contributed by atoms with van der Waals surface area (Å²) in [6.45, 7) is 2.11. The van der Waals surface area contributed by atoms with Gasteiger partial charge in [-0.15, -0.1) is 0 Å². The lowest BCUT2D eigenvalue weighted by Crippen LogP contribution is -2.33. The van der Waals surface area contributed by atoms with Crippen molar-refractivity contribution in [3.8, 4) is 0 Å². The number of rotatable bonds is 8. The second kappa shape index (κ2) is 10.9. The smallest absolute Gasteiger partial charge is 0.226 e. The van der Waals surface area contributed by atoms with E-state index < -0.39 is 0 Å². The van der Waals surface area contributed by atoms with E-state index in [9.17, 15) is 4.79 Å². The minimum atomic E-state index is -0.122. The van der Waals surface area contributed by atoms with Gasteiger partial charge in [0.25, 0.3) is 0 Å². The van der Waals surface area contributed by atoms with E-state index >= 15 is 0 Å². The Balaban J connectivity index is 1.24. The minimum absolute atomic E-state index is 0.0427. The van der Waals surface area contributed by atoms with Crippen molar-refractivity contribution < 1.29 is 9.53 Å². The number of fused-ring (bicyclic) bond motifs is 1. The molecule has 2 saturated heterocycles. The summed E-state index contributed by atoms with van der Waals surface area (Å²) in [6, 6.07) is 24.0. The predicted octanol–water partition coefficient (Wildman–Crippen LogP) is 5.22. The van der Waals surface area contributed by atoms with E-state index in [-0.39, 0.29) is 24.1 Å². The van der Waals surface area contributed by atoms with Gasteiger partial charge in [0.1, 0.15) is 0 Å². The lowest BCUT2D eigenvalue weighted by molar-refractivity contribution is -0.116. The predicted molar refractivity (Wildman–Crippen MR) is 153 cm³/mol. The first-order valence-corrected chi connectivity index (χ1v) is 13.6. The number of carbonyl (C=O) groups is 1. The fourth-order valence-corrected chi connectivity index (χ4v) is 5.94. The molecule has 4 heterocycles. The summed E-state index contributed by atoms with van der Waals surface area (Å²) in [5, 5.41) is 9.37. The Bertz CT molecular complexity index is 1430. The molecule has 0 unspecified atom stereocenters. The molecule has 2 N–H and O–H groups in total. The Labute approximate surface area is 227 Å². The number of thiocarbonyl (C=S) groups is 1. The van der Waals surface area contributed by atoms with Crippen molar-refractivity contribution in [2.24, 2.45) is 0 Å². The highest BCUT2D eigenvalue weighted by Gasteiger charge is 2.41. The number of nitrogens with one attached hydrogen (secondary N) is 2. The Morgan fingerprint density at radius 3 is 2.79 bits per heavy atom. The van der Waals surface area contributed by atoms with Crippen molar-refractivity contribution in [1.82, 2.24) is 19.8 Å². The molecule has 0 saturated carbocycles. The second-order valence-electron chi connectivity index (χ2n) is 9.87. The topological polar surface area (TPSA) is 71.4 Å². The van der Waals surface area contributed by atoms with Crippen LogP contribution in [0.5, 0.6) is 0 Å². The van der Waals surface area contributed by atoms with Crippen LogP contribution in [0, 0.1) is 0 Å². The molecule has 2 aromatic heterocycles. The highest BCUT2D eigenvalue weighted by Crippen LogP contribution is 2.39. The van der Waals surface area contributed by atoms with Crippen LogP contribution in [0.4, 0.5) is 5.69 Å². The average Bonchev–Trinajstić information content (AvgIpc) is 3.69. The number of ether oxygens (including phenoxy) is 1. The summed E-state index contributed by atoms with van der Waals surface area (Å²) >= 11 is 5.82. The zero-order valence-corrected chi connectivity index (χ0v) is 21.9. The molecule has 2 aliphatic heterocycles. The molecule has 4 aromatic rings. The molecular formula is C30H31N5O2S. The molecule has 38 heavy (non-hydrogen) atoms. The van der Waals surface area contributed by atoms with Crippen molar-refractivity contribution in [1.29, 1.82) is 0 Å². The first-order valence-electron chi connectivity index (χ1n) is 13.2. The molecule has 2 aliphatic rings. The molecule has 8 heteroatoms. The molecule has 6 rings (SSSR count). The highest BCUT2D eigenvalue weighted by atomic mass is 32.1. The van der Waals surface area contributed by atoms with E-state index in [0.717, 1.165) is 53.8 Å². The monoisotopic (exact) mass is 525 g/mol. The fourth-order valence-electron chi connectivity index (χ4n) is 5.61. The van der Waals surface area contributed by atoms with Gasteiger partial charge in [0.15, 0.2) is 5.11 Å². The average molecular weight is 526 g/mol. The zero-order valence-electron chi connectivity index (χ0n) is 21.1. The number of hydrogen-bond donors (Lipinski definition) is 2. The van der Waals surface area contributed by atoms with Crippen molar-refractivity contribution in [3.63, 3.8) is 0 Å². The molecule has 0 radical (unpaired) electrons.